The molecule has 3 aromatic rings. The molecule has 0 aliphatic heterocycles. The molecule has 1 atom stereocenters. The maximum Gasteiger partial charge on any atom is 0.246 e. The van der Waals surface area contributed by atoms with Crippen molar-refractivity contribution in [1.29, 1.82) is 0 Å². The molecule has 0 aliphatic carbocycles. The van der Waals surface area contributed by atoms with Gasteiger partial charge < -0.3 is 8.94 Å². The van der Waals surface area contributed by atoms with Crippen LogP contribution in [0, 0.1) is 13.8 Å². The fourth-order valence-corrected chi connectivity index (χ4v) is 4.56. The molecule has 0 spiro atoms. The summed E-state index contributed by atoms with van der Waals surface area (Å²) in [6.07, 6.45) is 1.58. The summed E-state index contributed by atoms with van der Waals surface area (Å²) in [5.41, 5.74) is 1.35. The summed E-state index contributed by atoms with van der Waals surface area (Å²) >= 11 is 1.56. The molecule has 1 unspecified atom stereocenters. The normalized spacial score (nSPS) is 13.3. The number of furan rings is 1. The van der Waals surface area contributed by atoms with E-state index in [2.05, 4.69) is 9.88 Å². The molecule has 0 aliphatic rings. The van der Waals surface area contributed by atoms with Crippen molar-refractivity contribution in [3.63, 3.8) is 0 Å². The Morgan fingerprint density at radius 1 is 1.35 bits per heavy atom. The Morgan fingerprint density at radius 2 is 2.17 bits per heavy atom. The molecule has 0 bridgehead atoms. The van der Waals surface area contributed by atoms with Crippen LogP contribution in [-0.2, 0) is 10.0 Å². The predicted molar refractivity (Wildman–Crippen MR) is 86.0 cm³/mol. The number of hydrogen-bond donors (Lipinski definition) is 1. The lowest BCUT2D eigenvalue weighted by molar-refractivity contribution is 0.390. The van der Waals surface area contributed by atoms with Gasteiger partial charge in [0.15, 0.2) is 5.76 Å². The van der Waals surface area contributed by atoms with Gasteiger partial charge in [-0.15, -0.1) is 0 Å². The molecule has 122 valence electrons. The smallest absolute Gasteiger partial charge is 0.246 e. The maximum absolute atomic E-state index is 12.5. The lowest BCUT2D eigenvalue weighted by Gasteiger charge is -2.14. The molecule has 3 aromatic heterocycles. The largest absolute Gasteiger partial charge is 0.469 e. The molecule has 1 N–H and O–H groups in total. The van der Waals surface area contributed by atoms with Gasteiger partial charge in [0, 0.05) is 6.54 Å². The van der Waals surface area contributed by atoms with Gasteiger partial charge in [-0.05, 0) is 48.4 Å². The van der Waals surface area contributed by atoms with Gasteiger partial charge in [-0.2, -0.15) is 11.3 Å². The third-order valence-corrected chi connectivity index (χ3v) is 5.91. The van der Waals surface area contributed by atoms with Crippen molar-refractivity contribution in [3.8, 4) is 0 Å². The Balaban J connectivity index is 1.85. The zero-order chi connectivity index (χ0) is 16.4. The molecule has 23 heavy (non-hydrogen) atoms. The lowest BCUT2D eigenvalue weighted by atomic mass is 10.00. The molecule has 0 saturated heterocycles. The first kappa shape index (κ1) is 16.0. The summed E-state index contributed by atoms with van der Waals surface area (Å²) in [5.74, 6) is 0.802. The molecule has 8 heteroatoms. The average molecular weight is 352 g/mol. The second-order valence-corrected chi connectivity index (χ2v) is 7.61. The molecule has 0 saturated carbocycles. The minimum Gasteiger partial charge on any atom is -0.469 e. The van der Waals surface area contributed by atoms with Crippen LogP contribution in [0.15, 0.2) is 49.1 Å². The number of nitrogens with one attached hydrogen (secondary N) is 1. The Bertz CT molecular complexity index is 811. The third-order valence-electron chi connectivity index (χ3n) is 3.55. The molecule has 0 amide bonds. The minimum atomic E-state index is -3.70. The Morgan fingerprint density at radius 3 is 2.74 bits per heavy atom. The van der Waals surface area contributed by atoms with E-state index in [-0.39, 0.29) is 23.1 Å². The van der Waals surface area contributed by atoms with Gasteiger partial charge in [-0.25, -0.2) is 13.1 Å². The highest BCUT2D eigenvalue weighted by atomic mass is 32.2. The highest BCUT2D eigenvalue weighted by Crippen LogP contribution is 2.27. The minimum absolute atomic E-state index is 0.0982. The van der Waals surface area contributed by atoms with Crippen molar-refractivity contribution >= 4 is 21.4 Å². The quantitative estimate of drug-likeness (QED) is 0.737. The van der Waals surface area contributed by atoms with Gasteiger partial charge in [0.2, 0.25) is 10.0 Å². The van der Waals surface area contributed by atoms with E-state index in [0.717, 1.165) is 5.56 Å². The third kappa shape index (κ3) is 3.24. The van der Waals surface area contributed by atoms with Gasteiger partial charge >= 0.3 is 0 Å². The van der Waals surface area contributed by atoms with E-state index in [1.807, 2.05) is 22.9 Å². The zero-order valence-corrected chi connectivity index (χ0v) is 14.3. The van der Waals surface area contributed by atoms with Crippen molar-refractivity contribution in [2.45, 2.75) is 24.7 Å². The standard InChI is InChI=1S/C15H16N2O4S2/c1-10-15(11(2)21-17-10)23(18,19)16-8-13(12-5-7-22-9-12)14-4-3-6-20-14/h3-7,9,13,16H,8H2,1-2H3. The highest BCUT2D eigenvalue weighted by molar-refractivity contribution is 7.89. The van der Waals surface area contributed by atoms with E-state index >= 15 is 0 Å². The molecular weight excluding hydrogens is 336 g/mol. The van der Waals surface area contributed by atoms with E-state index in [0.29, 0.717) is 11.5 Å². The summed E-state index contributed by atoms with van der Waals surface area (Å²) < 4.78 is 38.1. The molecule has 3 rings (SSSR count). The monoisotopic (exact) mass is 352 g/mol. The second-order valence-electron chi connectivity index (χ2n) is 5.13. The van der Waals surface area contributed by atoms with Crippen LogP contribution in [0.1, 0.15) is 28.7 Å². The summed E-state index contributed by atoms with van der Waals surface area (Å²) in [7, 11) is -3.70. The molecule has 0 aromatic carbocycles. The topological polar surface area (TPSA) is 85.3 Å². The van der Waals surface area contributed by atoms with Crippen molar-refractivity contribution in [2.75, 3.05) is 6.54 Å². The van der Waals surface area contributed by atoms with Gasteiger partial charge in [0.1, 0.15) is 16.3 Å². The van der Waals surface area contributed by atoms with E-state index in [9.17, 15) is 8.42 Å². The predicted octanol–water partition coefficient (Wildman–Crippen LogP) is 3.06. The first-order chi connectivity index (χ1) is 11.0. The van der Waals surface area contributed by atoms with Crippen LogP contribution in [0.2, 0.25) is 0 Å². The zero-order valence-electron chi connectivity index (χ0n) is 12.6. The van der Waals surface area contributed by atoms with Gasteiger partial charge in [0.05, 0.1) is 12.2 Å². The van der Waals surface area contributed by atoms with Crippen LogP contribution < -0.4 is 4.72 Å². The highest BCUT2D eigenvalue weighted by Gasteiger charge is 2.26. The number of sulfonamides is 1. The molecule has 0 fully saturated rings. The van der Waals surface area contributed by atoms with Crippen molar-refractivity contribution < 1.29 is 17.4 Å². The van der Waals surface area contributed by atoms with Crippen LogP contribution in [0.3, 0.4) is 0 Å². The second kappa shape index (κ2) is 6.31. The number of hydrogen-bond acceptors (Lipinski definition) is 6. The first-order valence-corrected chi connectivity index (χ1v) is 9.39. The van der Waals surface area contributed by atoms with E-state index in [1.54, 1.807) is 37.5 Å². The Labute approximate surface area is 138 Å². The van der Waals surface area contributed by atoms with Crippen molar-refractivity contribution in [2.24, 2.45) is 0 Å². The Kier molecular flexibility index (Phi) is 4.38. The van der Waals surface area contributed by atoms with Crippen molar-refractivity contribution in [3.05, 3.63) is 58.0 Å². The van der Waals surface area contributed by atoms with Crippen LogP contribution in [0.5, 0.6) is 0 Å². The first-order valence-electron chi connectivity index (χ1n) is 6.97. The van der Waals surface area contributed by atoms with E-state index in [1.165, 1.54) is 0 Å². The van der Waals surface area contributed by atoms with Gasteiger partial charge in [-0.1, -0.05) is 5.16 Å². The number of rotatable bonds is 6. The molecule has 0 radical (unpaired) electrons. The molecular formula is C15H16N2O4S2. The van der Waals surface area contributed by atoms with Crippen molar-refractivity contribution in [1.82, 2.24) is 9.88 Å². The summed E-state index contributed by atoms with van der Waals surface area (Å²) in [4.78, 5) is 0.0982. The fourth-order valence-electron chi connectivity index (χ4n) is 2.47. The van der Waals surface area contributed by atoms with E-state index in [4.69, 9.17) is 8.94 Å². The molecule has 6 nitrogen and oxygen atoms in total. The Hall–Kier alpha value is -1.90. The number of nitrogens with zero attached hydrogens (tertiary/aromatic N) is 1. The SMILES string of the molecule is Cc1noc(C)c1S(=O)(=O)NCC(c1ccsc1)c1ccco1. The number of aryl methyl sites for hydroxylation is 2. The van der Waals surface area contributed by atoms with Crippen LogP contribution >= 0.6 is 11.3 Å². The fraction of sp³-hybridized carbons (Fsp3) is 0.267. The average Bonchev–Trinajstić information content (AvgIpc) is 3.22. The summed E-state index contributed by atoms with van der Waals surface area (Å²) in [5, 5.41) is 7.63. The maximum atomic E-state index is 12.5. The van der Waals surface area contributed by atoms with Crippen LogP contribution in [0.25, 0.3) is 0 Å². The van der Waals surface area contributed by atoms with Crippen LogP contribution in [-0.4, -0.2) is 20.1 Å². The number of thiophene rings is 1. The lowest BCUT2D eigenvalue weighted by Crippen LogP contribution is -2.29. The summed E-state index contributed by atoms with van der Waals surface area (Å²) in [6.45, 7) is 3.38. The number of aromatic nitrogens is 1. The van der Waals surface area contributed by atoms with Gasteiger partial charge in [-0.3, -0.25) is 0 Å². The molecule has 3 heterocycles. The van der Waals surface area contributed by atoms with E-state index < -0.39 is 10.0 Å². The van der Waals surface area contributed by atoms with Gasteiger partial charge in [0.25, 0.3) is 0 Å². The summed E-state index contributed by atoms with van der Waals surface area (Å²) in [6, 6.07) is 5.59. The van der Waals surface area contributed by atoms with Crippen LogP contribution in [0.4, 0.5) is 0 Å².